The zero-order chi connectivity index (χ0) is 9.26. The van der Waals surface area contributed by atoms with Gasteiger partial charge in [-0.05, 0) is 17.5 Å². The fraction of sp³-hybridized carbons (Fsp3) is 0.111. The zero-order valence-corrected chi connectivity index (χ0v) is 7.84. The van der Waals surface area contributed by atoms with Crippen LogP contribution in [0.15, 0.2) is 24.5 Å². The van der Waals surface area contributed by atoms with E-state index in [1.54, 1.807) is 12.4 Å². The van der Waals surface area contributed by atoms with E-state index >= 15 is 0 Å². The number of aromatic nitrogens is 2. The zero-order valence-electron chi connectivity index (χ0n) is 7.08. The van der Waals surface area contributed by atoms with Crippen LogP contribution in [0.4, 0.5) is 5.82 Å². The minimum atomic E-state index is 0.501. The van der Waals surface area contributed by atoms with Gasteiger partial charge in [-0.25, -0.2) is 9.97 Å². The van der Waals surface area contributed by atoms with Crippen LogP contribution in [0.3, 0.4) is 0 Å². The molecule has 0 saturated carbocycles. The molecule has 0 radical (unpaired) electrons. The van der Waals surface area contributed by atoms with Gasteiger partial charge >= 0.3 is 0 Å². The van der Waals surface area contributed by atoms with Gasteiger partial charge in [-0.3, -0.25) is 0 Å². The molecule has 3 nitrogen and oxygen atoms in total. The van der Waals surface area contributed by atoms with Crippen molar-refractivity contribution >= 4 is 28.2 Å². The SMILES string of the molecule is CNc1nccc2cc(Cl)ncc12. The highest BCUT2D eigenvalue weighted by atomic mass is 35.5. The molecule has 0 amide bonds. The van der Waals surface area contributed by atoms with Crippen molar-refractivity contribution in [3.05, 3.63) is 29.7 Å². The molecule has 1 N–H and O–H groups in total. The van der Waals surface area contributed by atoms with Crippen LogP contribution < -0.4 is 5.32 Å². The van der Waals surface area contributed by atoms with E-state index in [1.165, 1.54) is 0 Å². The first-order valence-electron chi connectivity index (χ1n) is 3.89. The Morgan fingerprint density at radius 2 is 2.23 bits per heavy atom. The molecule has 0 aliphatic heterocycles. The van der Waals surface area contributed by atoms with Crippen molar-refractivity contribution in [3.63, 3.8) is 0 Å². The highest BCUT2D eigenvalue weighted by Crippen LogP contribution is 2.21. The first-order valence-corrected chi connectivity index (χ1v) is 4.27. The fourth-order valence-corrected chi connectivity index (χ4v) is 1.41. The molecule has 66 valence electrons. The van der Waals surface area contributed by atoms with Gasteiger partial charge in [0.1, 0.15) is 11.0 Å². The Morgan fingerprint density at radius 1 is 1.38 bits per heavy atom. The van der Waals surface area contributed by atoms with E-state index in [9.17, 15) is 0 Å². The largest absolute Gasteiger partial charge is 0.373 e. The lowest BCUT2D eigenvalue weighted by molar-refractivity contribution is 1.29. The Balaban J connectivity index is 2.77. The standard InChI is InChI=1S/C9H8ClN3/c1-11-9-7-5-13-8(10)4-6(7)2-3-12-9/h2-5H,1H3,(H,11,12). The molecule has 2 aromatic rings. The molecule has 4 heteroatoms. The molecule has 0 spiro atoms. The Labute approximate surface area is 80.8 Å². The number of nitrogens with zero attached hydrogens (tertiary/aromatic N) is 2. The predicted molar refractivity (Wildman–Crippen MR) is 54.1 cm³/mol. The Kier molecular flexibility index (Phi) is 2.02. The Hall–Kier alpha value is -1.35. The monoisotopic (exact) mass is 193 g/mol. The van der Waals surface area contributed by atoms with Crippen LogP contribution in [-0.2, 0) is 0 Å². The maximum Gasteiger partial charge on any atom is 0.135 e. The van der Waals surface area contributed by atoms with Gasteiger partial charge in [0.05, 0.1) is 0 Å². The van der Waals surface area contributed by atoms with E-state index in [-0.39, 0.29) is 0 Å². The average Bonchev–Trinajstić information content (AvgIpc) is 2.16. The second-order valence-corrected chi connectivity index (χ2v) is 3.02. The van der Waals surface area contributed by atoms with Crippen LogP contribution in [0.2, 0.25) is 5.15 Å². The predicted octanol–water partition coefficient (Wildman–Crippen LogP) is 2.32. The van der Waals surface area contributed by atoms with Crippen molar-refractivity contribution in [2.45, 2.75) is 0 Å². The second kappa shape index (κ2) is 3.18. The van der Waals surface area contributed by atoms with E-state index in [4.69, 9.17) is 11.6 Å². The van der Waals surface area contributed by atoms with Crippen LogP contribution in [0.25, 0.3) is 10.8 Å². The molecule has 0 saturated heterocycles. The molecule has 2 aromatic heterocycles. The van der Waals surface area contributed by atoms with Crippen molar-refractivity contribution in [2.75, 3.05) is 12.4 Å². The van der Waals surface area contributed by atoms with E-state index < -0.39 is 0 Å². The average molecular weight is 194 g/mol. The minimum absolute atomic E-state index is 0.501. The first kappa shape index (κ1) is 8.26. The summed E-state index contributed by atoms with van der Waals surface area (Å²) in [6, 6.07) is 3.73. The van der Waals surface area contributed by atoms with Crippen molar-refractivity contribution in [2.24, 2.45) is 0 Å². The number of anilines is 1. The third-order valence-electron chi connectivity index (χ3n) is 1.85. The summed E-state index contributed by atoms with van der Waals surface area (Å²) in [5.74, 6) is 0.821. The van der Waals surface area contributed by atoms with Gasteiger partial charge in [-0.15, -0.1) is 0 Å². The number of nitrogens with one attached hydrogen (secondary N) is 1. The fourth-order valence-electron chi connectivity index (χ4n) is 1.24. The molecule has 2 heterocycles. The van der Waals surface area contributed by atoms with Gasteiger partial charge in [0.2, 0.25) is 0 Å². The molecule has 0 unspecified atom stereocenters. The van der Waals surface area contributed by atoms with Gasteiger partial charge in [-0.1, -0.05) is 11.6 Å². The number of halogens is 1. The molecule has 0 fully saturated rings. The highest BCUT2D eigenvalue weighted by Gasteiger charge is 2.00. The Morgan fingerprint density at radius 3 is 3.00 bits per heavy atom. The summed E-state index contributed by atoms with van der Waals surface area (Å²) in [4.78, 5) is 8.16. The highest BCUT2D eigenvalue weighted by molar-refractivity contribution is 6.30. The topological polar surface area (TPSA) is 37.8 Å². The van der Waals surface area contributed by atoms with Gasteiger partial charge in [0.15, 0.2) is 0 Å². The second-order valence-electron chi connectivity index (χ2n) is 2.64. The molecular weight excluding hydrogens is 186 g/mol. The smallest absolute Gasteiger partial charge is 0.135 e. The lowest BCUT2D eigenvalue weighted by atomic mass is 10.2. The maximum absolute atomic E-state index is 5.76. The summed E-state index contributed by atoms with van der Waals surface area (Å²) in [7, 11) is 1.83. The van der Waals surface area contributed by atoms with E-state index in [0.717, 1.165) is 16.6 Å². The lowest BCUT2D eigenvalue weighted by Crippen LogP contribution is -1.93. The van der Waals surface area contributed by atoms with Crippen LogP contribution >= 0.6 is 11.6 Å². The summed E-state index contributed by atoms with van der Waals surface area (Å²) in [6.07, 6.45) is 3.46. The normalized spacial score (nSPS) is 10.3. The Bertz CT molecular complexity index is 442. The van der Waals surface area contributed by atoms with Crippen molar-refractivity contribution in [3.8, 4) is 0 Å². The van der Waals surface area contributed by atoms with E-state index in [1.807, 2.05) is 19.2 Å². The summed E-state index contributed by atoms with van der Waals surface area (Å²) < 4.78 is 0. The van der Waals surface area contributed by atoms with Gasteiger partial charge in [0, 0.05) is 24.8 Å². The van der Waals surface area contributed by atoms with Gasteiger partial charge < -0.3 is 5.32 Å². The summed E-state index contributed by atoms with van der Waals surface area (Å²) in [5.41, 5.74) is 0. The van der Waals surface area contributed by atoms with Gasteiger partial charge in [0.25, 0.3) is 0 Å². The van der Waals surface area contributed by atoms with Crippen LogP contribution in [0.1, 0.15) is 0 Å². The van der Waals surface area contributed by atoms with E-state index in [0.29, 0.717) is 5.15 Å². The number of hydrogen-bond acceptors (Lipinski definition) is 3. The summed E-state index contributed by atoms with van der Waals surface area (Å²) >= 11 is 5.76. The van der Waals surface area contributed by atoms with Crippen LogP contribution in [0, 0.1) is 0 Å². The quantitative estimate of drug-likeness (QED) is 0.707. The van der Waals surface area contributed by atoms with E-state index in [2.05, 4.69) is 15.3 Å². The number of hydrogen-bond donors (Lipinski definition) is 1. The number of rotatable bonds is 1. The summed E-state index contributed by atoms with van der Waals surface area (Å²) in [6.45, 7) is 0. The molecule has 2 rings (SSSR count). The van der Waals surface area contributed by atoms with Crippen LogP contribution in [0.5, 0.6) is 0 Å². The van der Waals surface area contributed by atoms with Crippen molar-refractivity contribution < 1.29 is 0 Å². The first-order chi connectivity index (χ1) is 6.31. The maximum atomic E-state index is 5.76. The van der Waals surface area contributed by atoms with Crippen molar-refractivity contribution in [1.82, 2.24) is 9.97 Å². The molecular formula is C9H8ClN3. The molecule has 0 aromatic carbocycles. The molecule has 0 bridgehead atoms. The third kappa shape index (κ3) is 1.42. The third-order valence-corrected chi connectivity index (χ3v) is 2.06. The van der Waals surface area contributed by atoms with Crippen LogP contribution in [-0.4, -0.2) is 17.0 Å². The van der Waals surface area contributed by atoms with Crippen molar-refractivity contribution in [1.29, 1.82) is 0 Å². The molecule has 0 aliphatic rings. The molecule has 13 heavy (non-hydrogen) atoms. The number of fused-ring (bicyclic) bond motifs is 1. The molecule has 0 aliphatic carbocycles. The summed E-state index contributed by atoms with van der Waals surface area (Å²) in [5, 5.41) is 5.52. The lowest BCUT2D eigenvalue weighted by Gasteiger charge is -2.03. The minimum Gasteiger partial charge on any atom is -0.373 e. The van der Waals surface area contributed by atoms with Gasteiger partial charge in [-0.2, -0.15) is 0 Å². The molecule has 0 atom stereocenters. The number of pyridine rings is 2.